The van der Waals surface area contributed by atoms with Crippen LogP contribution in [0.5, 0.6) is 0 Å². The van der Waals surface area contributed by atoms with E-state index in [1.165, 1.54) is 30.5 Å². The number of carbonyl (C=O) groups is 1. The standard InChI is InChI=1S/C13H13ClN4O4S/c14-9-1-5-12(6-2-9)23(20,21)17-8-11-4-3-10(22-11)7-16-18-13(15)19/h1-7,17H,8H2,(H3,15,18,19)/b16-7+. The number of sulfonamides is 1. The second kappa shape index (κ2) is 7.27. The maximum Gasteiger partial charge on any atom is 0.332 e. The van der Waals surface area contributed by atoms with Gasteiger partial charge in [0, 0.05) is 5.02 Å². The van der Waals surface area contributed by atoms with E-state index in [0.29, 0.717) is 16.5 Å². The molecule has 0 aliphatic rings. The summed E-state index contributed by atoms with van der Waals surface area (Å²) in [6, 6.07) is 8.13. The molecule has 0 atom stereocenters. The molecule has 0 radical (unpaired) electrons. The highest BCUT2D eigenvalue weighted by molar-refractivity contribution is 7.89. The van der Waals surface area contributed by atoms with Gasteiger partial charge in [0.25, 0.3) is 0 Å². The molecule has 122 valence electrons. The number of primary amides is 1. The lowest BCUT2D eigenvalue weighted by atomic mass is 10.4. The van der Waals surface area contributed by atoms with Gasteiger partial charge in [0.15, 0.2) is 0 Å². The summed E-state index contributed by atoms with van der Waals surface area (Å²) in [5.41, 5.74) is 6.85. The molecule has 1 aromatic carbocycles. The summed E-state index contributed by atoms with van der Waals surface area (Å²) in [7, 11) is -3.67. The summed E-state index contributed by atoms with van der Waals surface area (Å²) in [6.07, 6.45) is 1.24. The number of benzene rings is 1. The van der Waals surface area contributed by atoms with E-state index in [1.54, 1.807) is 12.1 Å². The van der Waals surface area contributed by atoms with Crippen LogP contribution in [0.4, 0.5) is 4.79 Å². The van der Waals surface area contributed by atoms with Crippen molar-refractivity contribution in [3.05, 3.63) is 52.9 Å². The molecule has 23 heavy (non-hydrogen) atoms. The predicted octanol–water partition coefficient (Wildman–Crippen LogP) is 1.41. The first kappa shape index (κ1) is 17.0. The molecule has 0 fully saturated rings. The van der Waals surface area contributed by atoms with Gasteiger partial charge in [-0.05, 0) is 36.4 Å². The third-order valence-corrected chi connectivity index (χ3v) is 4.28. The van der Waals surface area contributed by atoms with Gasteiger partial charge in [0.2, 0.25) is 10.0 Å². The van der Waals surface area contributed by atoms with Crippen LogP contribution in [0.3, 0.4) is 0 Å². The second-order valence-electron chi connectivity index (χ2n) is 4.32. The van der Waals surface area contributed by atoms with Gasteiger partial charge in [-0.1, -0.05) is 11.6 Å². The van der Waals surface area contributed by atoms with Gasteiger partial charge in [-0.3, -0.25) is 0 Å². The predicted molar refractivity (Wildman–Crippen MR) is 84.5 cm³/mol. The third kappa shape index (κ3) is 5.09. The van der Waals surface area contributed by atoms with Crippen LogP contribution < -0.4 is 15.9 Å². The van der Waals surface area contributed by atoms with Gasteiger partial charge in [0.05, 0.1) is 17.7 Å². The quantitative estimate of drug-likeness (QED) is 0.534. The van der Waals surface area contributed by atoms with Crippen molar-refractivity contribution in [1.29, 1.82) is 0 Å². The zero-order valence-electron chi connectivity index (χ0n) is 11.7. The molecule has 0 saturated heterocycles. The highest BCUT2D eigenvalue weighted by Gasteiger charge is 2.14. The lowest BCUT2D eigenvalue weighted by Gasteiger charge is -2.05. The molecule has 4 N–H and O–H groups in total. The number of hydrazone groups is 1. The van der Waals surface area contributed by atoms with E-state index in [1.807, 2.05) is 5.43 Å². The van der Waals surface area contributed by atoms with Gasteiger partial charge in [0.1, 0.15) is 11.5 Å². The van der Waals surface area contributed by atoms with Crippen molar-refractivity contribution in [2.24, 2.45) is 10.8 Å². The number of urea groups is 1. The molecule has 1 aromatic heterocycles. The van der Waals surface area contributed by atoms with E-state index >= 15 is 0 Å². The van der Waals surface area contributed by atoms with Gasteiger partial charge in [-0.15, -0.1) is 0 Å². The number of rotatable bonds is 6. The number of hydrogen-bond acceptors (Lipinski definition) is 5. The Hall–Kier alpha value is -2.36. The number of carbonyl (C=O) groups excluding carboxylic acids is 1. The largest absolute Gasteiger partial charge is 0.459 e. The molecule has 2 amide bonds. The first-order valence-electron chi connectivity index (χ1n) is 6.29. The lowest BCUT2D eigenvalue weighted by Crippen LogP contribution is -2.24. The zero-order valence-corrected chi connectivity index (χ0v) is 13.3. The summed E-state index contributed by atoms with van der Waals surface area (Å²) >= 11 is 5.72. The number of hydrogen-bond donors (Lipinski definition) is 3. The van der Waals surface area contributed by atoms with Crippen molar-refractivity contribution in [2.45, 2.75) is 11.4 Å². The molecule has 0 unspecified atom stereocenters. The number of furan rings is 1. The Morgan fingerprint density at radius 2 is 1.96 bits per heavy atom. The molecule has 8 nitrogen and oxygen atoms in total. The number of nitrogens with zero attached hydrogens (tertiary/aromatic N) is 1. The van der Waals surface area contributed by atoms with Crippen LogP contribution >= 0.6 is 11.6 Å². The van der Waals surface area contributed by atoms with Crippen LogP contribution in [0.25, 0.3) is 0 Å². The van der Waals surface area contributed by atoms with Crippen LogP contribution in [0.1, 0.15) is 11.5 Å². The average molecular weight is 357 g/mol. The molecule has 2 rings (SSSR count). The average Bonchev–Trinajstić information content (AvgIpc) is 2.93. The highest BCUT2D eigenvalue weighted by Crippen LogP contribution is 2.14. The number of nitrogens with one attached hydrogen (secondary N) is 2. The Kier molecular flexibility index (Phi) is 5.37. The van der Waals surface area contributed by atoms with E-state index in [2.05, 4.69) is 9.82 Å². The summed E-state index contributed by atoms with van der Waals surface area (Å²) in [5.74, 6) is 0.711. The Bertz CT molecular complexity index is 815. The molecular formula is C13H13ClN4O4S. The van der Waals surface area contributed by atoms with Crippen molar-refractivity contribution >= 4 is 33.9 Å². The Balaban J connectivity index is 1.98. The van der Waals surface area contributed by atoms with Gasteiger partial charge >= 0.3 is 6.03 Å². The minimum Gasteiger partial charge on any atom is -0.459 e. The monoisotopic (exact) mass is 356 g/mol. The first-order valence-corrected chi connectivity index (χ1v) is 8.15. The highest BCUT2D eigenvalue weighted by atomic mass is 35.5. The normalized spacial score (nSPS) is 11.7. The summed E-state index contributed by atoms with van der Waals surface area (Å²) in [6.45, 7) is -0.0396. The Morgan fingerprint density at radius 3 is 2.61 bits per heavy atom. The molecule has 10 heteroatoms. The van der Waals surface area contributed by atoms with Crippen LogP contribution in [-0.2, 0) is 16.6 Å². The van der Waals surface area contributed by atoms with E-state index in [9.17, 15) is 13.2 Å². The van der Waals surface area contributed by atoms with Gasteiger partial charge < -0.3 is 10.2 Å². The van der Waals surface area contributed by atoms with E-state index in [0.717, 1.165) is 0 Å². The first-order chi connectivity index (χ1) is 10.9. The fourth-order valence-electron chi connectivity index (χ4n) is 1.58. The topological polar surface area (TPSA) is 127 Å². The van der Waals surface area contributed by atoms with E-state index in [4.69, 9.17) is 21.8 Å². The fraction of sp³-hybridized carbons (Fsp3) is 0.0769. The minimum atomic E-state index is -3.67. The second-order valence-corrected chi connectivity index (χ2v) is 6.52. The number of amides is 2. The molecule has 0 bridgehead atoms. The molecule has 1 heterocycles. The van der Waals surface area contributed by atoms with Crippen LogP contribution in [0.15, 0.2) is 50.8 Å². The van der Waals surface area contributed by atoms with Crippen molar-refractivity contribution < 1.29 is 17.6 Å². The van der Waals surface area contributed by atoms with E-state index in [-0.39, 0.29) is 11.4 Å². The molecule has 0 spiro atoms. The molecular weight excluding hydrogens is 344 g/mol. The maximum atomic E-state index is 12.1. The van der Waals surface area contributed by atoms with Gasteiger partial charge in [-0.2, -0.15) is 5.10 Å². The zero-order chi connectivity index (χ0) is 16.9. The maximum absolute atomic E-state index is 12.1. The van der Waals surface area contributed by atoms with Crippen LogP contribution in [-0.4, -0.2) is 20.7 Å². The minimum absolute atomic E-state index is 0.0396. The summed E-state index contributed by atoms with van der Waals surface area (Å²) < 4.78 is 31.9. The molecule has 0 aliphatic heterocycles. The van der Waals surface area contributed by atoms with Crippen molar-refractivity contribution in [3.8, 4) is 0 Å². The van der Waals surface area contributed by atoms with Gasteiger partial charge in [-0.25, -0.2) is 23.4 Å². The summed E-state index contributed by atoms with van der Waals surface area (Å²) in [4.78, 5) is 10.5. The Labute approximate surface area is 137 Å². The SMILES string of the molecule is NC(=O)N/N=C/c1ccc(CNS(=O)(=O)c2ccc(Cl)cc2)o1. The van der Waals surface area contributed by atoms with Crippen LogP contribution in [0.2, 0.25) is 5.02 Å². The lowest BCUT2D eigenvalue weighted by molar-refractivity contribution is 0.249. The van der Waals surface area contributed by atoms with Crippen LogP contribution in [0, 0.1) is 0 Å². The van der Waals surface area contributed by atoms with Crippen molar-refractivity contribution in [3.63, 3.8) is 0 Å². The smallest absolute Gasteiger partial charge is 0.332 e. The van der Waals surface area contributed by atoms with E-state index < -0.39 is 16.1 Å². The Morgan fingerprint density at radius 1 is 1.26 bits per heavy atom. The van der Waals surface area contributed by atoms with Crippen molar-refractivity contribution in [2.75, 3.05) is 0 Å². The molecule has 0 saturated carbocycles. The molecule has 2 aromatic rings. The number of nitrogens with two attached hydrogens (primary N) is 1. The fourth-order valence-corrected chi connectivity index (χ4v) is 2.70. The molecule has 0 aliphatic carbocycles. The third-order valence-electron chi connectivity index (χ3n) is 2.61. The van der Waals surface area contributed by atoms with Crippen molar-refractivity contribution in [1.82, 2.24) is 10.1 Å². The summed E-state index contributed by atoms with van der Waals surface area (Å²) in [5, 5.41) is 3.97. The number of halogens is 1.